The molecule has 130 valence electrons. The number of hydrogen-bond donors (Lipinski definition) is 2. The van der Waals surface area contributed by atoms with Gasteiger partial charge in [-0.05, 0) is 24.7 Å². The SMILES string of the molecule is CCCCCCNc1ncnc2c1N=C1CC(C)(C)CC(N)=C1S2. The van der Waals surface area contributed by atoms with Crippen LogP contribution in [0.3, 0.4) is 0 Å². The Hall–Kier alpha value is -1.56. The number of aromatic nitrogens is 2. The summed E-state index contributed by atoms with van der Waals surface area (Å²) in [7, 11) is 0. The molecule has 0 unspecified atom stereocenters. The van der Waals surface area contributed by atoms with Gasteiger partial charge in [0, 0.05) is 12.2 Å². The quantitative estimate of drug-likeness (QED) is 0.580. The first-order valence-electron chi connectivity index (χ1n) is 8.83. The molecule has 2 aliphatic rings. The summed E-state index contributed by atoms with van der Waals surface area (Å²) in [4.78, 5) is 14.8. The number of nitrogens with one attached hydrogen (secondary N) is 1. The molecule has 0 spiro atoms. The predicted molar refractivity (Wildman–Crippen MR) is 102 cm³/mol. The van der Waals surface area contributed by atoms with E-state index in [0.29, 0.717) is 0 Å². The van der Waals surface area contributed by atoms with Gasteiger partial charge in [0.05, 0.1) is 10.6 Å². The molecule has 3 rings (SSSR count). The van der Waals surface area contributed by atoms with Crippen LogP contribution in [0, 0.1) is 5.41 Å². The Morgan fingerprint density at radius 3 is 2.83 bits per heavy atom. The third-order valence-electron chi connectivity index (χ3n) is 4.43. The van der Waals surface area contributed by atoms with Gasteiger partial charge in [0.25, 0.3) is 0 Å². The lowest BCUT2D eigenvalue weighted by molar-refractivity contribution is 0.371. The van der Waals surface area contributed by atoms with E-state index in [4.69, 9.17) is 10.7 Å². The van der Waals surface area contributed by atoms with Gasteiger partial charge in [-0.1, -0.05) is 51.8 Å². The summed E-state index contributed by atoms with van der Waals surface area (Å²) in [5.74, 6) is 0.845. The molecule has 1 aromatic heterocycles. The number of hydrogen-bond acceptors (Lipinski definition) is 6. The Bertz CT molecular complexity index is 678. The van der Waals surface area contributed by atoms with Gasteiger partial charge >= 0.3 is 0 Å². The van der Waals surface area contributed by atoms with Crippen molar-refractivity contribution in [3.63, 3.8) is 0 Å². The van der Waals surface area contributed by atoms with Gasteiger partial charge in [-0.3, -0.25) is 0 Å². The summed E-state index contributed by atoms with van der Waals surface area (Å²) in [6.45, 7) is 7.64. The number of aliphatic imine (C=N–C) groups is 1. The molecule has 0 radical (unpaired) electrons. The summed E-state index contributed by atoms with van der Waals surface area (Å²) in [6.07, 6.45) is 8.41. The van der Waals surface area contributed by atoms with Crippen LogP contribution in [0.5, 0.6) is 0 Å². The minimum atomic E-state index is 0.161. The summed E-state index contributed by atoms with van der Waals surface area (Å²) < 4.78 is 0. The Balaban J connectivity index is 1.82. The fourth-order valence-corrected chi connectivity index (χ4v) is 4.22. The van der Waals surface area contributed by atoms with E-state index in [1.54, 1.807) is 18.1 Å². The molecule has 1 aromatic rings. The maximum absolute atomic E-state index is 6.31. The molecular weight excluding hydrogens is 318 g/mol. The molecule has 0 saturated heterocycles. The van der Waals surface area contributed by atoms with E-state index in [2.05, 4.69) is 36.1 Å². The summed E-state index contributed by atoms with van der Waals surface area (Å²) >= 11 is 1.64. The second-order valence-corrected chi connectivity index (χ2v) is 8.40. The van der Waals surface area contributed by atoms with Crippen LogP contribution in [0.2, 0.25) is 0 Å². The monoisotopic (exact) mass is 345 g/mol. The number of fused-ring (bicyclic) bond motifs is 2. The predicted octanol–water partition coefficient (Wildman–Crippen LogP) is 4.64. The van der Waals surface area contributed by atoms with Crippen molar-refractivity contribution in [2.75, 3.05) is 11.9 Å². The molecule has 1 aliphatic heterocycles. The van der Waals surface area contributed by atoms with E-state index in [1.165, 1.54) is 19.3 Å². The van der Waals surface area contributed by atoms with Crippen molar-refractivity contribution in [3.05, 3.63) is 16.9 Å². The van der Waals surface area contributed by atoms with Crippen LogP contribution >= 0.6 is 11.8 Å². The average molecular weight is 346 g/mol. The Labute approximate surface area is 148 Å². The van der Waals surface area contributed by atoms with E-state index >= 15 is 0 Å². The van der Waals surface area contributed by atoms with Crippen LogP contribution in [0.4, 0.5) is 11.5 Å². The second-order valence-electron chi connectivity index (χ2n) is 7.40. The third kappa shape index (κ3) is 3.74. The smallest absolute Gasteiger partial charge is 0.156 e. The standard InChI is InChI=1S/C18H27N5S/c1-4-5-6-7-8-20-16-14-17(22-11-21-16)24-15-12(19)9-18(2,3)10-13(15)23-14/h11H,4-10,19H2,1-3H3,(H,20,21,22). The van der Waals surface area contributed by atoms with Crippen molar-refractivity contribution in [1.82, 2.24) is 9.97 Å². The summed E-state index contributed by atoms with van der Waals surface area (Å²) in [6, 6.07) is 0. The minimum absolute atomic E-state index is 0.161. The first-order valence-corrected chi connectivity index (χ1v) is 9.65. The third-order valence-corrected chi connectivity index (χ3v) is 5.62. The number of rotatable bonds is 6. The Kier molecular flexibility index (Phi) is 5.13. The van der Waals surface area contributed by atoms with Gasteiger partial charge in [0.1, 0.15) is 17.0 Å². The zero-order valence-electron chi connectivity index (χ0n) is 14.9. The highest BCUT2D eigenvalue weighted by Crippen LogP contribution is 2.48. The van der Waals surface area contributed by atoms with Crippen LogP contribution in [-0.4, -0.2) is 22.2 Å². The molecule has 3 N–H and O–H groups in total. The maximum atomic E-state index is 6.31. The highest BCUT2D eigenvalue weighted by atomic mass is 32.2. The van der Waals surface area contributed by atoms with E-state index < -0.39 is 0 Å². The zero-order chi connectivity index (χ0) is 17.2. The van der Waals surface area contributed by atoms with Gasteiger partial charge in [0.2, 0.25) is 0 Å². The molecule has 24 heavy (non-hydrogen) atoms. The lowest BCUT2D eigenvalue weighted by atomic mass is 9.78. The van der Waals surface area contributed by atoms with Gasteiger partial charge in [-0.25, -0.2) is 15.0 Å². The fraction of sp³-hybridized carbons (Fsp3) is 0.611. The molecule has 0 amide bonds. The van der Waals surface area contributed by atoms with Gasteiger partial charge < -0.3 is 11.1 Å². The first kappa shape index (κ1) is 17.3. The number of allylic oxidation sites excluding steroid dienone is 2. The number of thioether (sulfide) groups is 1. The minimum Gasteiger partial charge on any atom is -0.401 e. The van der Waals surface area contributed by atoms with Crippen molar-refractivity contribution in [2.24, 2.45) is 16.1 Å². The van der Waals surface area contributed by atoms with Crippen molar-refractivity contribution in [2.45, 2.75) is 64.3 Å². The van der Waals surface area contributed by atoms with Crippen molar-refractivity contribution in [1.29, 1.82) is 0 Å². The number of nitrogens with two attached hydrogens (primary N) is 1. The highest BCUT2D eigenvalue weighted by molar-refractivity contribution is 8.04. The van der Waals surface area contributed by atoms with E-state index in [1.807, 2.05) is 0 Å². The second kappa shape index (κ2) is 7.13. The molecule has 0 fully saturated rings. The maximum Gasteiger partial charge on any atom is 0.156 e. The fourth-order valence-electron chi connectivity index (χ4n) is 3.25. The van der Waals surface area contributed by atoms with Crippen LogP contribution in [0.15, 0.2) is 26.9 Å². The van der Waals surface area contributed by atoms with E-state index in [0.717, 1.165) is 58.7 Å². The number of nitrogens with zero attached hydrogens (tertiary/aromatic N) is 3. The lowest BCUT2D eigenvalue weighted by Gasteiger charge is -2.34. The van der Waals surface area contributed by atoms with Crippen LogP contribution in [0.25, 0.3) is 0 Å². The molecular formula is C18H27N5S. The molecule has 0 bridgehead atoms. The van der Waals surface area contributed by atoms with Crippen LogP contribution in [0.1, 0.15) is 59.3 Å². The molecule has 2 heterocycles. The summed E-state index contributed by atoms with van der Waals surface area (Å²) in [5.41, 5.74) is 9.37. The van der Waals surface area contributed by atoms with Crippen LogP contribution < -0.4 is 11.1 Å². The van der Waals surface area contributed by atoms with Gasteiger partial charge in [0.15, 0.2) is 5.82 Å². The van der Waals surface area contributed by atoms with Gasteiger partial charge in [-0.2, -0.15) is 0 Å². The van der Waals surface area contributed by atoms with Crippen LogP contribution in [-0.2, 0) is 0 Å². The lowest BCUT2D eigenvalue weighted by Crippen LogP contribution is -2.28. The Morgan fingerprint density at radius 2 is 2.04 bits per heavy atom. The molecule has 6 heteroatoms. The molecule has 0 saturated carbocycles. The molecule has 0 atom stereocenters. The first-order chi connectivity index (χ1) is 11.5. The largest absolute Gasteiger partial charge is 0.401 e. The number of unbranched alkanes of at least 4 members (excludes halogenated alkanes) is 3. The van der Waals surface area contributed by atoms with E-state index in [-0.39, 0.29) is 5.41 Å². The number of anilines is 1. The van der Waals surface area contributed by atoms with E-state index in [9.17, 15) is 0 Å². The molecule has 1 aliphatic carbocycles. The Morgan fingerprint density at radius 1 is 1.21 bits per heavy atom. The van der Waals surface area contributed by atoms with Crippen molar-refractivity contribution < 1.29 is 0 Å². The summed E-state index contributed by atoms with van der Waals surface area (Å²) in [5, 5.41) is 4.35. The van der Waals surface area contributed by atoms with Crippen molar-refractivity contribution >= 4 is 29.0 Å². The topological polar surface area (TPSA) is 76.2 Å². The molecule has 5 nitrogen and oxygen atoms in total. The van der Waals surface area contributed by atoms with Gasteiger partial charge in [-0.15, -0.1) is 0 Å². The normalized spacial score (nSPS) is 18.7. The average Bonchev–Trinajstić information content (AvgIpc) is 2.52. The highest BCUT2D eigenvalue weighted by Gasteiger charge is 2.34. The molecule has 0 aromatic carbocycles. The van der Waals surface area contributed by atoms with Crippen molar-refractivity contribution in [3.8, 4) is 0 Å². The zero-order valence-corrected chi connectivity index (χ0v) is 15.7.